The molecule has 7 nitrogen and oxygen atoms in total. The SMILES string of the molecule is C=C.O=c1ccn([C@H]2C[C@H](O)[C@@H](CO)O2)c(=O)[nH]1. The van der Waals surface area contributed by atoms with Crippen molar-refractivity contribution in [2.45, 2.75) is 24.9 Å². The summed E-state index contributed by atoms with van der Waals surface area (Å²) in [7, 11) is 0. The molecule has 100 valence electrons. The first-order chi connectivity index (χ1) is 8.61. The maximum Gasteiger partial charge on any atom is 0.330 e. The third kappa shape index (κ3) is 2.95. The minimum atomic E-state index is -0.811. The Morgan fingerprint density at radius 2 is 2.17 bits per heavy atom. The van der Waals surface area contributed by atoms with Crippen LogP contribution in [0.25, 0.3) is 0 Å². The number of ether oxygens (including phenoxy) is 1. The number of aliphatic hydroxyl groups excluding tert-OH is 2. The minimum absolute atomic E-state index is 0.206. The van der Waals surface area contributed by atoms with Crippen molar-refractivity contribution in [3.05, 3.63) is 46.3 Å². The Balaban J connectivity index is 0.000000771. The first kappa shape index (κ1) is 14.4. The van der Waals surface area contributed by atoms with Crippen LogP contribution in [0, 0.1) is 0 Å². The standard InChI is InChI=1S/C9H12N2O5.C2H4/c12-4-6-5(13)3-8(16-6)11-2-1-7(14)10-9(11)15;1-2/h1-2,5-6,8,12-13H,3-4H2,(H,10,14,15);1-2H2/t5-,6+,8+;/m0./s1. The van der Waals surface area contributed by atoms with Crippen LogP contribution in [0.3, 0.4) is 0 Å². The van der Waals surface area contributed by atoms with Gasteiger partial charge < -0.3 is 14.9 Å². The van der Waals surface area contributed by atoms with E-state index in [4.69, 9.17) is 9.84 Å². The van der Waals surface area contributed by atoms with Crippen LogP contribution in [0.15, 0.2) is 35.0 Å². The molecule has 3 N–H and O–H groups in total. The molecule has 1 saturated heterocycles. The Bertz CT molecular complexity index is 495. The molecule has 0 bridgehead atoms. The van der Waals surface area contributed by atoms with E-state index in [2.05, 4.69) is 18.1 Å². The summed E-state index contributed by atoms with van der Waals surface area (Å²) in [5, 5.41) is 18.4. The summed E-state index contributed by atoms with van der Waals surface area (Å²) in [6.07, 6.45) is -0.649. The molecule has 0 aliphatic carbocycles. The van der Waals surface area contributed by atoms with Crippen LogP contribution in [0.5, 0.6) is 0 Å². The van der Waals surface area contributed by atoms with Crippen LogP contribution in [0.2, 0.25) is 0 Å². The average Bonchev–Trinajstić information content (AvgIpc) is 2.73. The van der Waals surface area contributed by atoms with Gasteiger partial charge in [0.15, 0.2) is 0 Å². The van der Waals surface area contributed by atoms with Crippen LogP contribution >= 0.6 is 0 Å². The highest BCUT2D eigenvalue weighted by molar-refractivity contribution is 4.88. The lowest BCUT2D eigenvalue weighted by Crippen LogP contribution is -2.31. The topological polar surface area (TPSA) is 105 Å². The molecule has 2 rings (SSSR count). The average molecular weight is 256 g/mol. The molecule has 0 amide bonds. The van der Waals surface area contributed by atoms with Crippen LogP contribution in [0.4, 0.5) is 0 Å². The summed E-state index contributed by atoms with van der Waals surface area (Å²) in [4.78, 5) is 24.3. The predicted octanol–water partition coefficient (Wildman–Crippen LogP) is -1.02. The van der Waals surface area contributed by atoms with Gasteiger partial charge in [-0.1, -0.05) is 0 Å². The molecule has 0 saturated carbocycles. The van der Waals surface area contributed by atoms with Crippen molar-refractivity contribution >= 4 is 0 Å². The third-order valence-electron chi connectivity index (χ3n) is 2.55. The zero-order valence-corrected chi connectivity index (χ0v) is 9.78. The first-order valence-electron chi connectivity index (χ1n) is 5.37. The van der Waals surface area contributed by atoms with E-state index in [0.29, 0.717) is 0 Å². The van der Waals surface area contributed by atoms with Crippen molar-refractivity contribution in [2.24, 2.45) is 0 Å². The lowest BCUT2D eigenvalue weighted by Gasteiger charge is -2.13. The van der Waals surface area contributed by atoms with Gasteiger partial charge >= 0.3 is 5.69 Å². The molecular formula is C11H16N2O5. The molecule has 1 aromatic rings. The van der Waals surface area contributed by atoms with Crippen LogP contribution < -0.4 is 11.2 Å². The monoisotopic (exact) mass is 256 g/mol. The summed E-state index contributed by atoms with van der Waals surface area (Å²) in [6, 6.07) is 1.20. The van der Waals surface area contributed by atoms with Crippen LogP contribution in [0.1, 0.15) is 12.6 Å². The van der Waals surface area contributed by atoms with Gasteiger partial charge in [0.25, 0.3) is 5.56 Å². The number of aliphatic hydroxyl groups is 2. The molecule has 0 aromatic carbocycles. The van der Waals surface area contributed by atoms with Gasteiger partial charge in [0.1, 0.15) is 12.3 Å². The highest BCUT2D eigenvalue weighted by Crippen LogP contribution is 2.26. The quantitative estimate of drug-likeness (QED) is 0.587. The van der Waals surface area contributed by atoms with Gasteiger partial charge in [0.05, 0.1) is 12.7 Å². The highest BCUT2D eigenvalue weighted by atomic mass is 16.5. The van der Waals surface area contributed by atoms with Gasteiger partial charge in [-0.3, -0.25) is 14.3 Å². The summed E-state index contributed by atoms with van der Waals surface area (Å²) in [5.41, 5.74) is -1.08. The van der Waals surface area contributed by atoms with Crippen molar-refractivity contribution in [1.82, 2.24) is 9.55 Å². The van der Waals surface area contributed by atoms with E-state index in [1.165, 1.54) is 16.8 Å². The Morgan fingerprint density at radius 1 is 1.50 bits per heavy atom. The molecule has 0 unspecified atom stereocenters. The number of nitrogens with zero attached hydrogens (tertiary/aromatic N) is 1. The van der Waals surface area contributed by atoms with Crippen LogP contribution in [-0.4, -0.2) is 38.6 Å². The molecule has 3 atom stereocenters. The van der Waals surface area contributed by atoms with Crippen molar-refractivity contribution in [2.75, 3.05) is 6.61 Å². The number of aromatic amines is 1. The van der Waals surface area contributed by atoms with E-state index in [1.807, 2.05) is 0 Å². The minimum Gasteiger partial charge on any atom is -0.394 e. The maximum atomic E-state index is 11.4. The molecule has 1 aromatic heterocycles. The van der Waals surface area contributed by atoms with Gasteiger partial charge in [-0.25, -0.2) is 4.79 Å². The van der Waals surface area contributed by atoms with Crippen molar-refractivity contribution < 1.29 is 14.9 Å². The number of rotatable bonds is 2. The smallest absolute Gasteiger partial charge is 0.330 e. The molecule has 0 radical (unpaired) electrons. The van der Waals surface area contributed by atoms with Gasteiger partial charge in [-0.2, -0.15) is 0 Å². The van der Waals surface area contributed by atoms with Gasteiger partial charge in [0, 0.05) is 18.7 Å². The largest absolute Gasteiger partial charge is 0.394 e. The van der Waals surface area contributed by atoms with Crippen molar-refractivity contribution in [3.63, 3.8) is 0 Å². The number of H-pyrrole nitrogens is 1. The molecule has 1 fully saturated rings. The number of hydrogen-bond donors (Lipinski definition) is 3. The molecule has 2 heterocycles. The van der Waals surface area contributed by atoms with Crippen molar-refractivity contribution in [1.29, 1.82) is 0 Å². The van der Waals surface area contributed by atoms with E-state index in [9.17, 15) is 14.7 Å². The van der Waals surface area contributed by atoms with E-state index < -0.39 is 29.7 Å². The second kappa shape index (κ2) is 6.29. The van der Waals surface area contributed by atoms with E-state index in [1.54, 1.807) is 0 Å². The molecule has 18 heavy (non-hydrogen) atoms. The fourth-order valence-corrected chi connectivity index (χ4v) is 1.70. The summed E-state index contributed by atoms with van der Waals surface area (Å²) in [5.74, 6) is 0. The zero-order valence-electron chi connectivity index (χ0n) is 9.78. The maximum absolute atomic E-state index is 11.4. The normalized spacial score (nSPS) is 26.4. The van der Waals surface area contributed by atoms with Crippen LogP contribution in [-0.2, 0) is 4.74 Å². The lowest BCUT2D eigenvalue weighted by atomic mass is 10.2. The van der Waals surface area contributed by atoms with E-state index >= 15 is 0 Å². The fraction of sp³-hybridized carbons (Fsp3) is 0.455. The second-order valence-electron chi connectivity index (χ2n) is 3.63. The Hall–Kier alpha value is -1.70. The first-order valence-corrected chi connectivity index (χ1v) is 5.37. The number of nitrogens with one attached hydrogen (secondary N) is 1. The Kier molecular flexibility index (Phi) is 5.02. The number of aromatic nitrogens is 2. The predicted molar refractivity (Wildman–Crippen MR) is 64.2 cm³/mol. The molecule has 7 heteroatoms. The second-order valence-corrected chi connectivity index (χ2v) is 3.63. The molecule has 1 aliphatic rings. The lowest BCUT2D eigenvalue weighted by molar-refractivity contribution is -0.0459. The molecule has 0 spiro atoms. The molecular weight excluding hydrogens is 240 g/mol. The number of hydrogen-bond acceptors (Lipinski definition) is 5. The Labute approximate surface area is 103 Å². The fourth-order valence-electron chi connectivity index (χ4n) is 1.70. The van der Waals surface area contributed by atoms with Gasteiger partial charge in [-0.05, 0) is 0 Å². The molecule has 1 aliphatic heterocycles. The van der Waals surface area contributed by atoms with Crippen molar-refractivity contribution in [3.8, 4) is 0 Å². The summed E-state index contributed by atoms with van der Waals surface area (Å²) < 4.78 is 6.45. The zero-order chi connectivity index (χ0) is 13.7. The van der Waals surface area contributed by atoms with E-state index in [0.717, 1.165) is 0 Å². The highest BCUT2D eigenvalue weighted by Gasteiger charge is 2.34. The summed E-state index contributed by atoms with van der Waals surface area (Å²) >= 11 is 0. The summed E-state index contributed by atoms with van der Waals surface area (Å²) in [6.45, 7) is 5.69. The van der Waals surface area contributed by atoms with Gasteiger partial charge in [-0.15, -0.1) is 13.2 Å². The third-order valence-corrected chi connectivity index (χ3v) is 2.55. The van der Waals surface area contributed by atoms with Gasteiger partial charge in [0.2, 0.25) is 0 Å². The van der Waals surface area contributed by atoms with E-state index in [-0.39, 0.29) is 13.0 Å². The Morgan fingerprint density at radius 3 is 2.67 bits per heavy atom.